The van der Waals surface area contributed by atoms with Crippen molar-refractivity contribution in [2.45, 2.75) is 26.0 Å². The summed E-state index contributed by atoms with van der Waals surface area (Å²) in [5, 5.41) is 9.83. The van der Waals surface area contributed by atoms with Crippen molar-refractivity contribution in [1.29, 1.82) is 0 Å². The fourth-order valence-corrected chi connectivity index (χ4v) is 2.39. The average molecular weight is 282 g/mol. The van der Waals surface area contributed by atoms with Crippen molar-refractivity contribution < 1.29 is 19.0 Å². The Morgan fingerprint density at radius 3 is 2.90 bits per heavy atom. The van der Waals surface area contributed by atoms with Crippen molar-refractivity contribution in [3.8, 4) is 0 Å². The lowest BCUT2D eigenvalue weighted by molar-refractivity contribution is -0.121. The molecule has 0 spiro atoms. The summed E-state index contributed by atoms with van der Waals surface area (Å²) in [5.74, 6) is -0.878. The number of rotatable bonds is 3. The lowest BCUT2D eigenvalue weighted by Gasteiger charge is -2.37. The summed E-state index contributed by atoms with van der Waals surface area (Å²) >= 11 is 0. The van der Waals surface area contributed by atoms with Gasteiger partial charge in [-0.05, 0) is 31.5 Å². The van der Waals surface area contributed by atoms with Gasteiger partial charge in [-0.2, -0.15) is 0 Å². The number of aliphatic hydroxyl groups is 1. The highest BCUT2D eigenvalue weighted by atomic mass is 19.1. The number of halogens is 1. The second-order valence-corrected chi connectivity index (χ2v) is 5.02. The van der Waals surface area contributed by atoms with Crippen LogP contribution in [0.4, 0.5) is 10.1 Å². The summed E-state index contributed by atoms with van der Waals surface area (Å²) in [4.78, 5) is 13.3. The zero-order valence-corrected chi connectivity index (χ0v) is 11.6. The summed E-state index contributed by atoms with van der Waals surface area (Å²) in [5.41, 5.74) is 6.93. The smallest absolute Gasteiger partial charge is 0.242 e. The Hall–Kier alpha value is -1.66. The van der Waals surface area contributed by atoms with E-state index in [9.17, 15) is 14.3 Å². The highest BCUT2D eigenvalue weighted by Crippen LogP contribution is 2.31. The van der Waals surface area contributed by atoms with Crippen molar-refractivity contribution in [3.05, 3.63) is 29.1 Å². The topological polar surface area (TPSA) is 75.8 Å². The number of aliphatic hydroxyl groups excluding tert-OH is 1. The number of primary amides is 1. The predicted molar refractivity (Wildman–Crippen MR) is 72.9 cm³/mol. The number of ether oxygens (including phenoxy) is 1. The summed E-state index contributed by atoms with van der Waals surface area (Å²) < 4.78 is 19.0. The van der Waals surface area contributed by atoms with Gasteiger partial charge in [0, 0.05) is 17.8 Å². The molecule has 1 aromatic rings. The Bertz CT molecular complexity index is 519. The Balaban J connectivity index is 2.48. The van der Waals surface area contributed by atoms with E-state index in [-0.39, 0.29) is 12.4 Å². The standard InChI is InChI=1S/C14H19FN2O3/c1-8-5-12(10(9(2)18)6-11(8)15)17-3-4-20-7-13(17)14(16)19/h5-6,9,13,18H,3-4,7H2,1-2H3,(H2,16,19). The molecule has 5 nitrogen and oxygen atoms in total. The SMILES string of the molecule is Cc1cc(N2CCOCC2C(N)=O)c(C(C)O)cc1F. The van der Waals surface area contributed by atoms with Gasteiger partial charge in [-0.15, -0.1) is 0 Å². The van der Waals surface area contributed by atoms with E-state index in [1.807, 2.05) is 0 Å². The second kappa shape index (κ2) is 5.76. The van der Waals surface area contributed by atoms with Gasteiger partial charge in [0.1, 0.15) is 11.9 Å². The molecule has 1 heterocycles. The van der Waals surface area contributed by atoms with Gasteiger partial charge in [-0.1, -0.05) is 0 Å². The molecule has 3 N–H and O–H groups in total. The van der Waals surface area contributed by atoms with Crippen LogP contribution in [-0.4, -0.2) is 36.8 Å². The van der Waals surface area contributed by atoms with Crippen LogP contribution >= 0.6 is 0 Å². The van der Waals surface area contributed by atoms with Gasteiger partial charge in [0.2, 0.25) is 5.91 Å². The first kappa shape index (κ1) is 14.7. The molecular formula is C14H19FN2O3. The third kappa shape index (κ3) is 2.76. The number of amides is 1. The minimum absolute atomic E-state index is 0.199. The van der Waals surface area contributed by atoms with E-state index < -0.39 is 18.1 Å². The Morgan fingerprint density at radius 2 is 2.30 bits per heavy atom. The lowest BCUT2D eigenvalue weighted by Crippen LogP contribution is -2.53. The molecule has 1 saturated heterocycles. The van der Waals surface area contributed by atoms with Crippen LogP contribution in [0.3, 0.4) is 0 Å². The largest absolute Gasteiger partial charge is 0.389 e. The number of hydrogen-bond donors (Lipinski definition) is 2. The van der Waals surface area contributed by atoms with Gasteiger partial charge in [0.05, 0.1) is 19.3 Å². The van der Waals surface area contributed by atoms with Crippen molar-refractivity contribution in [1.82, 2.24) is 0 Å². The second-order valence-electron chi connectivity index (χ2n) is 5.02. The maximum absolute atomic E-state index is 13.7. The molecule has 1 aliphatic heterocycles. The molecule has 1 amide bonds. The number of carbonyl (C=O) groups excluding carboxylic acids is 1. The van der Waals surface area contributed by atoms with Gasteiger partial charge >= 0.3 is 0 Å². The van der Waals surface area contributed by atoms with Crippen LogP contribution in [-0.2, 0) is 9.53 Å². The Labute approximate surface area is 117 Å². The first-order valence-electron chi connectivity index (χ1n) is 6.53. The van der Waals surface area contributed by atoms with Gasteiger partial charge in [-0.25, -0.2) is 4.39 Å². The molecule has 2 unspecified atom stereocenters. The lowest BCUT2D eigenvalue weighted by atomic mass is 10.0. The molecule has 1 aliphatic rings. The number of nitrogens with zero attached hydrogens (tertiary/aromatic N) is 1. The first-order chi connectivity index (χ1) is 9.41. The maximum atomic E-state index is 13.7. The maximum Gasteiger partial charge on any atom is 0.242 e. The molecule has 1 fully saturated rings. The van der Waals surface area contributed by atoms with E-state index in [4.69, 9.17) is 10.5 Å². The Kier molecular flexibility index (Phi) is 4.25. The summed E-state index contributed by atoms with van der Waals surface area (Å²) in [6.07, 6.45) is -0.837. The third-order valence-electron chi connectivity index (χ3n) is 3.52. The predicted octanol–water partition coefficient (Wildman–Crippen LogP) is 0.878. The molecule has 0 radical (unpaired) electrons. The number of benzene rings is 1. The monoisotopic (exact) mass is 282 g/mol. The van der Waals surface area contributed by atoms with E-state index >= 15 is 0 Å². The van der Waals surface area contributed by atoms with Crippen molar-refractivity contribution in [2.75, 3.05) is 24.7 Å². The van der Waals surface area contributed by atoms with Gasteiger partial charge in [0.15, 0.2) is 0 Å². The fraction of sp³-hybridized carbons (Fsp3) is 0.500. The van der Waals surface area contributed by atoms with Crippen molar-refractivity contribution in [2.24, 2.45) is 5.73 Å². The van der Waals surface area contributed by atoms with Crippen molar-refractivity contribution >= 4 is 11.6 Å². The Morgan fingerprint density at radius 1 is 1.60 bits per heavy atom. The molecule has 20 heavy (non-hydrogen) atoms. The van der Waals surface area contributed by atoms with Crippen LogP contribution in [0.25, 0.3) is 0 Å². The minimum atomic E-state index is -0.837. The number of nitrogens with two attached hydrogens (primary N) is 1. The number of morpholine rings is 1. The van der Waals surface area contributed by atoms with Crippen LogP contribution < -0.4 is 10.6 Å². The first-order valence-corrected chi connectivity index (χ1v) is 6.53. The number of hydrogen-bond acceptors (Lipinski definition) is 4. The highest BCUT2D eigenvalue weighted by Gasteiger charge is 2.30. The number of anilines is 1. The molecule has 110 valence electrons. The fourth-order valence-electron chi connectivity index (χ4n) is 2.39. The third-order valence-corrected chi connectivity index (χ3v) is 3.52. The van der Waals surface area contributed by atoms with E-state index in [0.29, 0.717) is 30.0 Å². The van der Waals surface area contributed by atoms with E-state index in [2.05, 4.69) is 0 Å². The molecular weight excluding hydrogens is 263 g/mol. The molecule has 0 bridgehead atoms. The van der Waals surface area contributed by atoms with E-state index in [1.54, 1.807) is 24.8 Å². The minimum Gasteiger partial charge on any atom is -0.389 e. The normalized spacial score (nSPS) is 20.8. The van der Waals surface area contributed by atoms with Gasteiger partial charge in [-0.3, -0.25) is 4.79 Å². The van der Waals surface area contributed by atoms with Gasteiger partial charge < -0.3 is 20.5 Å². The van der Waals surface area contributed by atoms with Crippen LogP contribution in [0.5, 0.6) is 0 Å². The van der Waals surface area contributed by atoms with Crippen LogP contribution in [0, 0.1) is 12.7 Å². The van der Waals surface area contributed by atoms with Gasteiger partial charge in [0.25, 0.3) is 0 Å². The molecule has 1 aromatic carbocycles. The van der Waals surface area contributed by atoms with E-state index in [0.717, 1.165) is 0 Å². The molecule has 0 aromatic heterocycles. The summed E-state index contributed by atoms with van der Waals surface area (Å²) in [6, 6.07) is 2.34. The quantitative estimate of drug-likeness (QED) is 0.863. The molecule has 0 saturated carbocycles. The average Bonchev–Trinajstić information content (AvgIpc) is 2.41. The zero-order chi connectivity index (χ0) is 14.9. The summed E-state index contributed by atoms with van der Waals surface area (Å²) in [6.45, 7) is 4.33. The van der Waals surface area contributed by atoms with Crippen molar-refractivity contribution in [3.63, 3.8) is 0 Å². The van der Waals surface area contributed by atoms with Crippen LogP contribution in [0.2, 0.25) is 0 Å². The number of carbonyl (C=O) groups is 1. The molecule has 0 aliphatic carbocycles. The molecule has 6 heteroatoms. The summed E-state index contributed by atoms with van der Waals surface area (Å²) in [7, 11) is 0. The number of aryl methyl sites for hydroxylation is 1. The van der Waals surface area contributed by atoms with Crippen LogP contribution in [0.15, 0.2) is 12.1 Å². The van der Waals surface area contributed by atoms with Crippen LogP contribution in [0.1, 0.15) is 24.2 Å². The molecule has 2 atom stereocenters. The zero-order valence-electron chi connectivity index (χ0n) is 11.6. The van der Waals surface area contributed by atoms with E-state index in [1.165, 1.54) is 6.07 Å². The highest BCUT2D eigenvalue weighted by molar-refractivity contribution is 5.84. The molecule has 2 rings (SSSR count).